The van der Waals surface area contributed by atoms with E-state index in [9.17, 15) is 8.42 Å². The van der Waals surface area contributed by atoms with Crippen molar-refractivity contribution in [2.45, 2.75) is 6.23 Å². The predicted octanol–water partition coefficient (Wildman–Crippen LogP) is 3.58. The number of hydrogen-bond acceptors (Lipinski definition) is 8. The van der Waals surface area contributed by atoms with Gasteiger partial charge in [-0.1, -0.05) is 23.2 Å². The molecule has 1 aliphatic heterocycles. The van der Waals surface area contributed by atoms with Gasteiger partial charge < -0.3 is 9.64 Å². The number of aromatic amines is 1. The van der Waals surface area contributed by atoms with Crippen molar-refractivity contribution in [2.24, 2.45) is 5.73 Å². The summed E-state index contributed by atoms with van der Waals surface area (Å²) in [6.45, 7) is 1.22. The Morgan fingerprint density at radius 3 is 2.46 bits per heavy atom. The van der Waals surface area contributed by atoms with E-state index in [1.54, 1.807) is 23.1 Å². The van der Waals surface area contributed by atoms with Crippen LogP contribution in [0.25, 0.3) is 22.2 Å². The Kier molecular flexibility index (Phi) is 6.94. The van der Waals surface area contributed by atoms with Crippen molar-refractivity contribution in [3.63, 3.8) is 0 Å². The molecule has 0 amide bonds. The van der Waals surface area contributed by atoms with Gasteiger partial charge in [0.25, 0.3) is 0 Å². The second-order valence-electron chi connectivity index (χ2n) is 8.51. The van der Waals surface area contributed by atoms with Crippen LogP contribution in [0.4, 0.5) is 10.2 Å². The second kappa shape index (κ2) is 10.0. The molecule has 1 aromatic carbocycles. The number of fused-ring (bicyclic) bond motifs is 1. The molecule has 4 heterocycles. The summed E-state index contributed by atoms with van der Waals surface area (Å²) < 4.78 is 45.9. The quantitative estimate of drug-likeness (QED) is 0.339. The minimum Gasteiger partial charge on any atom is -0.471 e. The first-order valence-corrected chi connectivity index (χ1v) is 13.8. The molecule has 0 unspecified atom stereocenters. The van der Waals surface area contributed by atoms with Gasteiger partial charge in [0.2, 0.25) is 10.0 Å². The van der Waals surface area contributed by atoms with Gasteiger partial charge in [-0.2, -0.15) is 9.40 Å². The normalized spacial score (nSPS) is 15.8. The van der Waals surface area contributed by atoms with E-state index in [0.717, 1.165) is 6.26 Å². The SMILES string of the molecule is CS(=O)(=O)N1CCN(c2ncc(-c3n[nH]c4ccc(O[C@H](N)c5c(Cl)cncc5Cl)cc34)cc2F)CC1. The lowest BCUT2D eigenvalue weighted by Crippen LogP contribution is -2.48. The van der Waals surface area contributed by atoms with E-state index in [1.807, 2.05) is 0 Å². The van der Waals surface area contributed by atoms with Crippen molar-refractivity contribution in [3.05, 3.63) is 64.3 Å². The summed E-state index contributed by atoms with van der Waals surface area (Å²) in [4.78, 5) is 9.97. The molecule has 3 aromatic heterocycles. The Bertz CT molecular complexity index is 1560. The Balaban J connectivity index is 1.39. The van der Waals surface area contributed by atoms with E-state index in [4.69, 9.17) is 33.7 Å². The number of nitrogens with two attached hydrogens (primary N) is 1. The van der Waals surface area contributed by atoms with Crippen LogP contribution in [0.2, 0.25) is 10.0 Å². The molecule has 3 N–H and O–H groups in total. The summed E-state index contributed by atoms with van der Waals surface area (Å²) in [5, 5.41) is 8.50. The highest BCUT2D eigenvalue weighted by atomic mass is 35.5. The largest absolute Gasteiger partial charge is 0.471 e. The lowest BCUT2D eigenvalue weighted by molar-refractivity contribution is 0.214. The molecule has 10 nitrogen and oxygen atoms in total. The second-order valence-corrected chi connectivity index (χ2v) is 11.3. The number of rotatable bonds is 6. The van der Waals surface area contributed by atoms with E-state index in [0.29, 0.717) is 46.6 Å². The smallest absolute Gasteiger partial charge is 0.211 e. The number of aromatic nitrogens is 4. The lowest BCUT2D eigenvalue weighted by Gasteiger charge is -2.34. The van der Waals surface area contributed by atoms with Gasteiger partial charge in [0.05, 0.1) is 21.8 Å². The monoisotopic (exact) mass is 565 g/mol. The molecule has 0 spiro atoms. The van der Waals surface area contributed by atoms with Gasteiger partial charge >= 0.3 is 0 Å². The number of nitrogens with zero attached hydrogens (tertiary/aromatic N) is 5. The molecule has 1 atom stereocenters. The fourth-order valence-corrected chi connectivity index (χ4v) is 5.62. The fraction of sp³-hybridized carbons (Fsp3) is 0.261. The first-order valence-electron chi connectivity index (χ1n) is 11.2. The maximum absolute atomic E-state index is 15.1. The van der Waals surface area contributed by atoms with Crippen molar-refractivity contribution in [1.29, 1.82) is 0 Å². The van der Waals surface area contributed by atoms with Crippen LogP contribution in [0, 0.1) is 5.82 Å². The third kappa shape index (κ3) is 5.20. The molecule has 194 valence electrons. The number of H-pyrrole nitrogens is 1. The Morgan fingerprint density at radius 1 is 1.11 bits per heavy atom. The molecule has 14 heteroatoms. The van der Waals surface area contributed by atoms with Crippen LogP contribution in [-0.4, -0.2) is 65.3 Å². The van der Waals surface area contributed by atoms with Gasteiger partial charge in [-0.25, -0.2) is 17.8 Å². The van der Waals surface area contributed by atoms with Crippen molar-refractivity contribution in [3.8, 4) is 17.0 Å². The molecule has 0 aliphatic carbocycles. The van der Waals surface area contributed by atoms with E-state index in [2.05, 4.69) is 20.2 Å². The molecule has 37 heavy (non-hydrogen) atoms. The summed E-state index contributed by atoms with van der Waals surface area (Å²) in [7, 11) is -3.28. The van der Waals surface area contributed by atoms with Gasteiger partial charge in [-0.05, 0) is 24.3 Å². The first-order chi connectivity index (χ1) is 17.6. The van der Waals surface area contributed by atoms with Crippen LogP contribution in [0.5, 0.6) is 5.75 Å². The van der Waals surface area contributed by atoms with Crippen LogP contribution in [-0.2, 0) is 10.0 Å². The highest BCUT2D eigenvalue weighted by Crippen LogP contribution is 2.34. The van der Waals surface area contributed by atoms with Crippen LogP contribution in [0.1, 0.15) is 11.8 Å². The number of benzene rings is 1. The molecule has 4 aromatic rings. The molecular formula is C23H22Cl2FN7O3S. The molecule has 1 fully saturated rings. The number of hydrogen-bond donors (Lipinski definition) is 2. The number of halogens is 3. The van der Waals surface area contributed by atoms with Gasteiger partial charge in [-0.3, -0.25) is 15.8 Å². The Hall–Kier alpha value is -3.03. The zero-order valence-electron chi connectivity index (χ0n) is 19.5. The van der Waals surface area contributed by atoms with Gasteiger partial charge in [0.1, 0.15) is 11.4 Å². The Labute approximate surface area is 222 Å². The van der Waals surface area contributed by atoms with Gasteiger partial charge in [0.15, 0.2) is 17.9 Å². The van der Waals surface area contributed by atoms with Crippen LogP contribution in [0.15, 0.2) is 42.9 Å². The zero-order chi connectivity index (χ0) is 26.3. The topological polar surface area (TPSA) is 130 Å². The summed E-state index contributed by atoms with van der Waals surface area (Å²) >= 11 is 12.4. The highest BCUT2D eigenvalue weighted by molar-refractivity contribution is 7.88. The number of piperazine rings is 1. The van der Waals surface area contributed by atoms with E-state index < -0.39 is 22.1 Å². The number of pyridine rings is 2. The van der Waals surface area contributed by atoms with Crippen molar-refractivity contribution >= 4 is 49.9 Å². The Morgan fingerprint density at radius 2 is 1.81 bits per heavy atom. The molecule has 0 bridgehead atoms. The summed E-state index contributed by atoms with van der Waals surface area (Å²) in [6, 6.07) is 6.57. The third-order valence-corrected chi connectivity index (χ3v) is 7.98. The predicted molar refractivity (Wildman–Crippen MR) is 140 cm³/mol. The maximum atomic E-state index is 15.1. The van der Waals surface area contributed by atoms with Gasteiger partial charge in [-0.15, -0.1) is 0 Å². The molecule has 0 saturated carbocycles. The average Bonchev–Trinajstić information content (AvgIpc) is 3.27. The molecule has 1 aliphatic rings. The van der Waals surface area contributed by atoms with Crippen LogP contribution >= 0.6 is 23.2 Å². The number of anilines is 1. The fourth-order valence-electron chi connectivity index (χ4n) is 4.21. The minimum absolute atomic E-state index is 0.165. The zero-order valence-corrected chi connectivity index (χ0v) is 21.9. The van der Waals surface area contributed by atoms with Crippen molar-refractivity contribution < 1.29 is 17.5 Å². The third-order valence-electron chi connectivity index (χ3n) is 6.07. The van der Waals surface area contributed by atoms with E-state index in [1.165, 1.54) is 29.0 Å². The maximum Gasteiger partial charge on any atom is 0.211 e. The summed E-state index contributed by atoms with van der Waals surface area (Å²) in [5.41, 5.74) is 8.25. The van der Waals surface area contributed by atoms with Gasteiger partial charge in [0, 0.05) is 61.3 Å². The first kappa shape index (κ1) is 25.6. The molecule has 1 saturated heterocycles. The number of ether oxygens (including phenoxy) is 1. The standard InChI is InChI=1S/C23H22Cl2FN7O3S/c1-37(34,35)33-6-4-32(5-7-33)23-18(26)8-13(10-29-23)21-15-9-14(2-3-19(15)30-31-21)36-22(27)20-16(24)11-28-12-17(20)25/h2-3,8-12,22H,4-7,27H2,1H3,(H,30,31)/t22-/m0/s1. The number of sulfonamides is 1. The summed E-state index contributed by atoms with van der Waals surface area (Å²) in [6.07, 6.45) is 4.61. The molecule has 5 rings (SSSR count). The van der Waals surface area contributed by atoms with E-state index in [-0.39, 0.29) is 29.0 Å². The highest BCUT2D eigenvalue weighted by Gasteiger charge is 2.26. The van der Waals surface area contributed by atoms with Crippen molar-refractivity contribution in [2.75, 3.05) is 37.3 Å². The molecule has 0 radical (unpaired) electrons. The van der Waals surface area contributed by atoms with Crippen molar-refractivity contribution in [1.82, 2.24) is 24.5 Å². The van der Waals surface area contributed by atoms with E-state index >= 15 is 4.39 Å². The molecular weight excluding hydrogens is 544 g/mol. The average molecular weight is 566 g/mol. The number of nitrogens with one attached hydrogen (secondary N) is 1. The summed E-state index contributed by atoms with van der Waals surface area (Å²) in [5.74, 6) is 0.0658. The lowest BCUT2D eigenvalue weighted by atomic mass is 10.1. The minimum atomic E-state index is -3.28. The van der Waals surface area contributed by atoms with Crippen LogP contribution < -0.4 is 15.4 Å². The van der Waals surface area contributed by atoms with Crippen LogP contribution in [0.3, 0.4) is 0 Å².